The number of rotatable bonds is 2. The lowest BCUT2D eigenvalue weighted by Crippen LogP contribution is -2.29. The number of esters is 1. The van der Waals surface area contributed by atoms with Crippen LogP contribution in [0.2, 0.25) is 0 Å². The summed E-state index contributed by atoms with van der Waals surface area (Å²) in [6.45, 7) is 9.82. The molecule has 0 saturated heterocycles. The normalized spacial score (nSPS) is 26.8. The Morgan fingerprint density at radius 1 is 1.28 bits per heavy atom. The molecule has 1 aromatic rings. The van der Waals surface area contributed by atoms with Crippen molar-refractivity contribution in [3.63, 3.8) is 0 Å². The van der Waals surface area contributed by atoms with E-state index in [9.17, 15) is 4.79 Å². The molecule has 98 valence electrons. The van der Waals surface area contributed by atoms with Crippen molar-refractivity contribution in [3.05, 3.63) is 35.4 Å². The SMILES string of the molecule is Cc1ccc(C2CC2(C)C(=O)OC(C)(C)C)cc1. The minimum atomic E-state index is -0.402. The Morgan fingerprint density at radius 3 is 2.33 bits per heavy atom. The minimum absolute atomic E-state index is 0.0689. The molecule has 2 nitrogen and oxygen atoms in total. The summed E-state index contributed by atoms with van der Waals surface area (Å²) < 4.78 is 5.50. The summed E-state index contributed by atoms with van der Waals surface area (Å²) in [4.78, 5) is 12.2. The first-order valence-corrected chi connectivity index (χ1v) is 6.52. The Bertz CT molecular complexity index is 453. The fourth-order valence-electron chi connectivity index (χ4n) is 2.27. The number of aryl methyl sites for hydroxylation is 1. The molecule has 18 heavy (non-hydrogen) atoms. The van der Waals surface area contributed by atoms with Crippen molar-refractivity contribution in [2.45, 2.75) is 52.6 Å². The molecule has 0 aliphatic heterocycles. The number of hydrogen-bond acceptors (Lipinski definition) is 2. The van der Waals surface area contributed by atoms with Crippen molar-refractivity contribution < 1.29 is 9.53 Å². The summed E-state index contributed by atoms with van der Waals surface area (Å²) in [7, 11) is 0. The summed E-state index contributed by atoms with van der Waals surface area (Å²) in [6.07, 6.45) is 0.894. The van der Waals surface area contributed by atoms with Crippen molar-refractivity contribution in [1.82, 2.24) is 0 Å². The summed E-state index contributed by atoms with van der Waals surface area (Å²) in [5.41, 5.74) is 1.76. The van der Waals surface area contributed by atoms with Crippen LogP contribution < -0.4 is 0 Å². The summed E-state index contributed by atoms with van der Waals surface area (Å²) in [5, 5.41) is 0. The standard InChI is InChI=1S/C16H22O2/c1-11-6-8-12(9-7-11)13-10-16(13,5)14(17)18-15(2,3)4/h6-9,13H,10H2,1-5H3. The molecular formula is C16H22O2. The molecule has 0 aromatic heterocycles. The topological polar surface area (TPSA) is 26.3 Å². The van der Waals surface area contributed by atoms with Crippen LogP contribution in [0.15, 0.2) is 24.3 Å². The Morgan fingerprint density at radius 2 is 1.83 bits per heavy atom. The van der Waals surface area contributed by atoms with E-state index in [1.54, 1.807) is 0 Å². The Balaban J connectivity index is 2.08. The first kappa shape index (κ1) is 13.1. The van der Waals surface area contributed by atoms with Crippen molar-refractivity contribution in [2.24, 2.45) is 5.41 Å². The molecule has 0 radical (unpaired) electrons. The van der Waals surface area contributed by atoms with Gasteiger partial charge >= 0.3 is 5.97 Å². The molecule has 2 rings (SSSR count). The van der Waals surface area contributed by atoms with Crippen LogP contribution in [0.25, 0.3) is 0 Å². The maximum absolute atomic E-state index is 12.2. The number of carbonyl (C=O) groups is 1. The second kappa shape index (κ2) is 4.11. The van der Waals surface area contributed by atoms with Gasteiger partial charge in [-0.2, -0.15) is 0 Å². The van der Waals surface area contributed by atoms with Crippen LogP contribution in [-0.2, 0) is 9.53 Å². The molecule has 1 fully saturated rings. The Kier molecular flexibility index (Phi) is 3.00. The average Bonchev–Trinajstić information content (AvgIpc) is 2.91. The van der Waals surface area contributed by atoms with Crippen LogP contribution in [0.3, 0.4) is 0 Å². The van der Waals surface area contributed by atoms with Gasteiger partial charge in [-0.25, -0.2) is 0 Å². The van der Waals surface area contributed by atoms with Gasteiger partial charge in [0.2, 0.25) is 0 Å². The van der Waals surface area contributed by atoms with E-state index in [1.807, 2.05) is 27.7 Å². The zero-order valence-electron chi connectivity index (χ0n) is 11.9. The monoisotopic (exact) mass is 246 g/mol. The first-order valence-electron chi connectivity index (χ1n) is 6.52. The molecule has 2 heteroatoms. The van der Waals surface area contributed by atoms with E-state index < -0.39 is 5.60 Å². The van der Waals surface area contributed by atoms with Crippen molar-refractivity contribution in [2.75, 3.05) is 0 Å². The third-order valence-electron chi connectivity index (χ3n) is 3.58. The van der Waals surface area contributed by atoms with Gasteiger partial charge in [0.25, 0.3) is 0 Å². The highest BCUT2D eigenvalue weighted by Gasteiger charge is 2.58. The van der Waals surface area contributed by atoms with Crippen LogP contribution in [0.1, 0.15) is 51.2 Å². The van der Waals surface area contributed by atoms with E-state index in [2.05, 4.69) is 31.2 Å². The summed E-state index contributed by atoms with van der Waals surface area (Å²) in [6, 6.07) is 8.44. The van der Waals surface area contributed by atoms with E-state index in [-0.39, 0.29) is 11.4 Å². The smallest absolute Gasteiger partial charge is 0.312 e. The molecule has 2 unspecified atom stereocenters. The van der Waals surface area contributed by atoms with Crippen LogP contribution >= 0.6 is 0 Å². The fraction of sp³-hybridized carbons (Fsp3) is 0.562. The van der Waals surface area contributed by atoms with Gasteiger partial charge in [-0.1, -0.05) is 29.8 Å². The predicted molar refractivity (Wildman–Crippen MR) is 72.5 cm³/mol. The van der Waals surface area contributed by atoms with Gasteiger partial charge in [-0.3, -0.25) is 4.79 Å². The molecular weight excluding hydrogens is 224 g/mol. The van der Waals surface area contributed by atoms with E-state index in [0.717, 1.165) is 6.42 Å². The molecule has 0 amide bonds. The van der Waals surface area contributed by atoms with Crippen molar-refractivity contribution in [1.29, 1.82) is 0 Å². The quantitative estimate of drug-likeness (QED) is 0.741. The van der Waals surface area contributed by atoms with E-state index >= 15 is 0 Å². The van der Waals surface area contributed by atoms with Crippen LogP contribution in [-0.4, -0.2) is 11.6 Å². The molecule has 0 N–H and O–H groups in total. The van der Waals surface area contributed by atoms with E-state index in [1.165, 1.54) is 11.1 Å². The average molecular weight is 246 g/mol. The zero-order valence-corrected chi connectivity index (χ0v) is 11.9. The largest absolute Gasteiger partial charge is 0.460 e. The number of carbonyl (C=O) groups excluding carboxylic acids is 1. The molecule has 2 atom stereocenters. The second-order valence-corrected chi connectivity index (χ2v) is 6.59. The van der Waals surface area contributed by atoms with Gasteiger partial charge < -0.3 is 4.74 Å². The molecule has 0 heterocycles. The van der Waals surface area contributed by atoms with Gasteiger partial charge in [-0.05, 0) is 46.6 Å². The van der Waals surface area contributed by atoms with Crippen LogP contribution in [0, 0.1) is 12.3 Å². The molecule has 0 spiro atoms. The summed E-state index contributed by atoms with van der Waals surface area (Å²) in [5.74, 6) is 0.244. The van der Waals surface area contributed by atoms with Crippen LogP contribution in [0.5, 0.6) is 0 Å². The van der Waals surface area contributed by atoms with Crippen molar-refractivity contribution in [3.8, 4) is 0 Å². The molecule has 1 aliphatic carbocycles. The van der Waals surface area contributed by atoms with Gasteiger partial charge in [0.15, 0.2) is 0 Å². The highest BCUT2D eigenvalue weighted by Crippen LogP contribution is 2.60. The number of ether oxygens (including phenoxy) is 1. The molecule has 1 aliphatic rings. The maximum atomic E-state index is 12.2. The van der Waals surface area contributed by atoms with E-state index in [0.29, 0.717) is 5.92 Å². The van der Waals surface area contributed by atoms with Gasteiger partial charge in [0.05, 0.1) is 5.41 Å². The summed E-state index contributed by atoms with van der Waals surface area (Å²) >= 11 is 0. The predicted octanol–water partition coefficient (Wildman–Crippen LogP) is 3.83. The Labute approximate surface area is 109 Å². The first-order chi connectivity index (χ1) is 8.22. The second-order valence-electron chi connectivity index (χ2n) is 6.59. The lowest BCUT2D eigenvalue weighted by Gasteiger charge is -2.22. The molecule has 1 saturated carbocycles. The van der Waals surface area contributed by atoms with Crippen molar-refractivity contribution >= 4 is 5.97 Å². The van der Waals surface area contributed by atoms with Gasteiger partial charge in [-0.15, -0.1) is 0 Å². The number of benzene rings is 1. The minimum Gasteiger partial charge on any atom is -0.460 e. The lowest BCUT2D eigenvalue weighted by molar-refractivity contribution is -0.161. The highest BCUT2D eigenvalue weighted by atomic mass is 16.6. The Hall–Kier alpha value is -1.31. The molecule has 1 aromatic carbocycles. The third kappa shape index (κ3) is 2.58. The van der Waals surface area contributed by atoms with Gasteiger partial charge in [0.1, 0.15) is 5.60 Å². The third-order valence-corrected chi connectivity index (χ3v) is 3.58. The fourth-order valence-corrected chi connectivity index (χ4v) is 2.27. The highest BCUT2D eigenvalue weighted by molar-refractivity contribution is 5.82. The zero-order chi connectivity index (χ0) is 13.6. The van der Waals surface area contributed by atoms with Gasteiger partial charge in [0, 0.05) is 5.92 Å². The van der Waals surface area contributed by atoms with E-state index in [4.69, 9.17) is 4.74 Å². The number of hydrogen-bond donors (Lipinski definition) is 0. The lowest BCUT2D eigenvalue weighted by atomic mass is 10.00. The van der Waals surface area contributed by atoms with Crippen LogP contribution in [0.4, 0.5) is 0 Å². The maximum Gasteiger partial charge on any atom is 0.312 e. The molecule has 0 bridgehead atoms.